The van der Waals surface area contributed by atoms with Crippen molar-refractivity contribution in [3.8, 4) is 0 Å². The number of carbonyl (C=O) groups excluding carboxylic acids is 1. The number of urea groups is 1. The van der Waals surface area contributed by atoms with Crippen LogP contribution in [0.2, 0.25) is 0 Å². The van der Waals surface area contributed by atoms with Crippen molar-refractivity contribution in [2.24, 2.45) is 11.8 Å². The number of likely N-dealkylation sites (N-methyl/N-ethyl adjacent to an activating group) is 1. The maximum Gasteiger partial charge on any atom is 0.320 e. The standard InChI is InChI=1S/C15H26N2O4/c1-4-16(13-9-21-8-12(13)14(18)19)15(20)17(10(2)3)7-11-5-6-11/h10-13H,4-9H2,1-3H3,(H,18,19). The Kier molecular flexibility index (Phi) is 5.08. The molecule has 1 aliphatic carbocycles. The summed E-state index contributed by atoms with van der Waals surface area (Å²) >= 11 is 0. The van der Waals surface area contributed by atoms with E-state index in [1.165, 1.54) is 12.8 Å². The van der Waals surface area contributed by atoms with Crippen LogP contribution in [0.1, 0.15) is 33.6 Å². The van der Waals surface area contributed by atoms with E-state index in [1.807, 2.05) is 25.7 Å². The fourth-order valence-electron chi connectivity index (χ4n) is 2.85. The SMILES string of the molecule is CCN(C(=O)N(CC1CC1)C(C)C)C1COCC1C(=O)O. The average Bonchev–Trinajstić information content (AvgIpc) is 3.12. The van der Waals surface area contributed by atoms with Gasteiger partial charge in [0.25, 0.3) is 0 Å². The van der Waals surface area contributed by atoms with E-state index >= 15 is 0 Å². The molecule has 1 saturated heterocycles. The van der Waals surface area contributed by atoms with Gasteiger partial charge in [-0.2, -0.15) is 0 Å². The van der Waals surface area contributed by atoms with Crippen LogP contribution in [0.25, 0.3) is 0 Å². The van der Waals surface area contributed by atoms with Gasteiger partial charge in [0.05, 0.1) is 19.3 Å². The lowest BCUT2D eigenvalue weighted by Gasteiger charge is -2.36. The van der Waals surface area contributed by atoms with E-state index in [0.29, 0.717) is 19.1 Å². The van der Waals surface area contributed by atoms with Gasteiger partial charge in [-0.15, -0.1) is 0 Å². The molecular formula is C15H26N2O4. The molecule has 1 N–H and O–H groups in total. The van der Waals surface area contributed by atoms with Gasteiger partial charge in [0.1, 0.15) is 5.92 Å². The highest BCUT2D eigenvalue weighted by atomic mass is 16.5. The second-order valence-corrected chi connectivity index (χ2v) is 6.31. The number of nitrogens with zero attached hydrogens (tertiary/aromatic N) is 2. The highest BCUT2D eigenvalue weighted by molar-refractivity contribution is 5.77. The van der Waals surface area contributed by atoms with Gasteiger partial charge in [0.15, 0.2) is 0 Å². The van der Waals surface area contributed by atoms with Crippen LogP contribution in [0.4, 0.5) is 4.79 Å². The predicted molar refractivity (Wildman–Crippen MR) is 78.1 cm³/mol. The summed E-state index contributed by atoms with van der Waals surface area (Å²) in [5.41, 5.74) is 0. The topological polar surface area (TPSA) is 70.1 Å². The second-order valence-electron chi connectivity index (χ2n) is 6.31. The minimum absolute atomic E-state index is 0.0545. The fraction of sp³-hybridized carbons (Fsp3) is 0.867. The van der Waals surface area contributed by atoms with Crippen molar-refractivity contribution in [3.63, 3.8) is 0 Å². The van der Waals surface area contributed by atoms with Crippen LogP contribution in [0.15, 0.2) is 0 Å². The molecule has 0 radical (unpaired) electrons. The van der Waals surface area contributed by atoms with E-state index < -0.39 is 11.9 Å². The molecule has 2 rings (SSSR count). The van der Waals surface area contributed by atoms with Gasteiger partial charge in [-0.25, -0.2) is 4.79 Å². The number of carboxylic acid groups (broad SMARTS) is 1. The van der Waals surface area contributed by atoms with E-state index in [4.69, 9.17) is 4.74 Å². The number of hydrogen-bond acceptors (Lipinski definition) is 3. The summed E-state index contributed by atoms with van der Waals surface area (Å²) in [5, 5.41) is 9.28. The zero-order chi connectivity index (χ0) is 15.6. The fourth-order valence-corrected chi connectivity index (χ4v) is 2.85. The number of ether oxygens (including phenoxy) is 1. The van der Waals surface area contributed by atoms with Crippen molar-refractivity contribution in [1.29, 1.82) is 0 Å². The molecule has 0 aromatic heterocycles. The number of hydrogen-bond donors (Lipinski definition) is 1. The van der Waals surface area contributed by atoms with Crippen LogP contribution >= 0.6 is 0 Å². The summed E-state index contributed by atoms with van der Waals surface area (Å²) in [6.45, 7) is 7.69. The van der Waals surface area contributed by atoms with Gasteiger partial charge < -0.3 is 19.6 Å². The molecule has 2 atom stereocenters. The van der Waals surface area contributed by atoms with Crippen molar-refractivity contribution >= 4 is 12.0 Å². The van der Waals surface area contributed by atoms with Gasteiger partial charge >= 0.3 is 12.0 Å². The lowest BCUT2D eigenvalue weighted by Crippen LogP contribution is -2.53. The molecular weight excluding hydrogens is 272 g/mol. The summed E-state index contributed by atoms with van der Waals surface area (Å²) in [4.78, 5) is 27.7. The lowest BCUT2D eigenvalue weighted by molar-refractivity contribution is -0.142. The van der Waals surface area contributed by atoms with Crippen molar-refractivity contribution in [1.82, 2.24) is 9.80 Å². The Morgan fingerprint density at radius 1 is 1.29 bits per heavy atom. The third-order valence-corrected chi connectivity index (χ3v) is 4.38. The minimum atomic E-state index is -0.887. The molecule has 2 aliphatic rings. The first-order valence-corrected chi connectivity index (χ1v) is 7.83. The average molecular weight is 298 g/mol. The van der Waals surface area contributed by atoms with Crippen LogP contribution in [0, 0.1) is 11.8 Å². The molecule has 0 aromatic carbocycles. The van der Waals surface area contributed by atoms with Gasteiger partial charge in [-0.1, -0.05) is 0 Å². The van der Waals surface area contributed by atoms with Crippen LogP contribution in [0.5, 0.6) is 0 Å². The number of aliphatic carboxylic acids is 1. The lowest BCUT2D eigenvalue weighted by atomic mass is 10.0. The maximum atomic E-state index is 12.8. The number of carboxylic acids is 1. The third-order valence-electron chi connectivity index (χ3n) is 4.38. The van der Waals surface area contributed by atoms with E-state index in [1.54, 1.807) is 4.90 Å². The first-order valence-electron chi connectivity index (χ1n) is 7.83. The van der Waals surface area contributed by atoms with E-state index in [9.17, 15) is 14.7 Å². The Morgan fingerprint density at radius 2 is 1.95 bits per heavy atom. The Labute approximate surface area is 126 Å². The minimum Gasteiger partial charge on any atom is -0.481 e. The highest BCUT2D eigenvalue weighted by Crippen LogP contribution is 2.31. The van der Waals surface area contributed by atoms with Gasteiger partial charge in [-0.05, 0) is 39.5 Å². The Balaban J connectivity index is 2.10. The summed E-state index contributed by atoms with van der Waals surface area (Å²) in [7, 11) is 0. The molecule has 0 bridgehead atoms. The van der Waals surface area contributed by atoms with Crippen LogP contribution in [0.3, 0.4) is 0 Å². The molecule has 0 spiro atoms. The molecule has 6 heteroatoms. The zero-order valence-electron chi connectivity index (χ0n) is 13.1. The second kappa shape index (κ2) is 6.64. The monoisotopic (exact) mass is 298 g/mol. The first-order chi connectivity index (χ1) is 9.95. The molecule has 2 unspecified atom stereocenters. The first kappa shape index (κ1) is 16.1. The third kappa shape index (κ3) is 3.67. The Morgan fingerprint density at radius 3 is 2.43 bits per heavy atom. The van der Waals surface area contributed by atoms with Crippen molar-refractivity contribution in [3.05, 3.63) is 0 Å². The number of rotatable bonds is 6. The molecule has 2 amide bonds. The summed E-state index contributed by atoms with van der Waals surface area (Å²) in [6.07, 6.45) is 2.37. The van der Waals surface area contributed by atoms with E-state index in [0.717, 1.165) is 6.54 Å². The normalized spacial score (nSPS) is 25.1. The molecule has 6 nitrogen and oxygen atoms in total. The number of carbonyl (C=O) groups is 2. The van der Waals surface area contributed by atoms with Gasteiger partial charge in [-0.3, -0.25) is 4.79 Å². The molecule has 120 valence electrons. The van der Waals surface area contributed by atoms with Crippen LogP contribution < -0.4 is 0 Å². The van der Waals surface area contributed by atoms with E-state index in [2.05, 4.69) is 0 Å². The van der Waals surface area contributed by atoms with Crippen LogP contribution in [-0.2, 0) is 9.53 Å². The molecule has 0 aromatic rings. The van der Waals surface area contributed by atoms with Crippen molar-refractivity contribution < 1.29 is 19.4 Å². The number of amides is 2. The van der Waals surface area contributed by atoms with Crippen molar-refractivity contribution in [2.45, 2.75) is 45.7 Å². The Hall–Kier alpha value is -1.30. The zero-order valence-corrected chi connectivity index (χ0v) is 13.1. The smallest absolute Gasteiger partial charge is 0.320 e. The molecule has 1 heterocycles. The maximum absolute atomic E-state index is 12.8. The molecule has 1 saturated carbocycles. The van der Waals surface area contributed by atoms with Gasteiger partial charge in [0, 0.05) is 19.1 Å². The highest BCUT2D eigenvalue weighted by Gasteiger charge is 2.41. The Bertz CT molecular complexity index is 395. The van der Waals surface area contributed by atoms with Crippen molar-refractivity contribution in [2.75, 3.05) is 26.3 Å². The summed E-state index contributed by atoms with van der Waals surface area (Å²) in [5.74, 6) is -0.893. The molecule has 1 aliphatic heterocycles. The van der Waals surface area contributed by atoms with Gasteiger partial charge in [0.2, 0.25) is 0 Å². The summed E-state index contributed by atoms with van der Waals surface area (Å²) < 4.78 is 5.30. The molecule has 21 heavy (non-hydrogen) atoms. The van der Waals surface area contributed by atoms with Crippen LogP contribution in [-0.4, -0.2) is 65.3 Å². The van der Waals surface area contributed by atoms with E-state index in [-0.39, 0.29) is 24.7 Å². The molecule has 2 fully saturated rings. The summed E-state index contributed by atoms with van der Waals surface area (Å²) in [6, 6.07) is -0.292. The quantitative estimate of drug-likeness (QED) is 0.809. The predicted octanol–water partition coefficient (Wildman–Crippen LogP) is 1.65. The largest absolute Gasteiger partial charge is 0.481 e.